The van der Waals surface area contributed by atoms with Gasteiger partial charge in [-0.2, -0.15) is 0 Å². The first-order valence-corrected chi connectivity index (χ1v) is 17.2. The van der Waals surface area contributed by atoms with Crippen molar-refractivity contribution in [2.45, 2.75) is 25.7 Å². The number of hydrogen-bond donors (Lipinski definition) is 3. The standard InChI is InChI=1S/C38H38Cl2N6O4/c1-49-25-7-11-31-29(21-25)37(27-9-5-23(39)19-33(27)44-31)42-15-3-17-46(36(48)14-13-35(41)47)18-4-16-43-38-28-10-6-24(40)20-34(28)45-32-12-8-26(50-2)22-30(32)38/h5-12,19-22H,3-4,13-18H2,1-2H3,(H2,41,47)(H,42,44)(H,43,45). The minimum absolute atomic E-state index is 0.00457. The summed E-state index contributed by atoms with van der Waals surface area (Å²) in [5, 5.41) is 12.1. The van der Waals surface area contributed by atoms with E-state index >= 15 is 0 Å². The molecule has 258 valence electrons. The van der Waals surface area contributed by atoms with Crippen molar-refractivity contribution >= 4 is 90.0 Å². The number of aromatic nitrogens is 2. The number of carbonyl (C=O) groups excluding carboxylic acids is 2. The monoisotopic (exact) mass is 712 g/mol. The van der Waals surface area contributed by atoms with Gasteiger partial charge in [-0.1, -0.05) is 23.2 Å². The van der Waals surface area contributed by atoms with Crippen LogP contribution in [0.3, 0.4) is 0 Å². The van der Waals surface area contributed by atoms with Crippen LogP contribution in [0.5, 0.6) is 11.5 Å². The number of nitrogens with zero attached hydrogens (tertiary/aromatic N) is 3. The SMILES string of the molecule is COc1ccc2nc3cc(Cl)ccc3c(NCCCN(CCCNc3c4ccc(Cl)cc4nc4ccc(OC)cc34)C(=O)CCC(N)=O)c2c1. The van der Waals surface area contributed by atoms with Crippen LogP contribution in [0.4, 0.5) is 11.4 Å². The fourth-order valence-corrected chi connectivity index (χ4v) is 6.48. The van der Waals surface area contributed by atoms with Gasteiger partial charge in [0.2, 0.25) is 11.8 Å². The predicted molar refractivity (Wildman–Crippen MR) is 203 cm³/mol. The predicted octanol–water partition coefficient (Wildman–Crippen LogP) is 7.81. The molecular formula is C38H38Cl2N6O4. The summed E-state index contributed by atoms with van der Waals surface area (Å²) >= 11 is 12.6. The summed E-state index contributed by atoms with van der Waals surface area (Å²) in [4.78, 5) is 36.2. The van der Waals surface area contributed by atoms with Crippen molar-refractivity contribution in [3.63, 3.8) is 0 Å². The van der Waals surface area contributed by atoms with Crippen molar-refractivity contribution in [3.8, 4) is 11.5 Å². The molecule has 2 amide bonds. The third-order valence-corrected chi connectivity index (χ3v) is 9.11. The molecule has 0 aliphatic rings. The average molecular weight is 714 g/mol. The van der Waals surface area contributed by atoms with Crippen molar-refractivity contribution in [1.82, 2.24) is 14.9 Å². The number of hydrogen-bond acceptors (Lipinski definition) is 8. The number of rotatable bonds is 15. The Morgan fingerprint density at radius 1 is 0.660 bits per heavy atom. The van der Waals surface area contributed by atoms with Crippen LogP contribution >= 0.6 is 23.2 Å². The number of halogens is 2. The van der Waals surface area contributed by atoms with Gasteiger partial charge in [-0.05, 0) is 85.6 Å². The molecule has 50 heavy (non-hydrogen) atoms. The molecule has 10 nitrogen and oxygen atoms in total. The second kappa shape index (κ2) is 15.7. The maximum absolute atomic E-state index is 13.3. The Bertz CT molecular complexity index is 2070. The minimum Gasteiger partial charge on any atom is -0.497 e. The van der Waals surface area contributed by atoms with Crippen molar-refractivity contribution in [1.29, 1.82) is 0 Å². The minimum atomic E-state index is -0.499. The van der Waals surface area contributed by atoms with E-state index in [0.29, 0.717) is 49.1 Å². The lowest BCUT2D eigenvalue weighted by Crippen LogP contribution is -2.35. The molecule has 2 aromatic heterocycles. The molecule has 6 aromatic rings. The largest absolute Gasteiger partial charge is 0.497 e. The van der Waals surface area contributed by atoms with Crippen molar-refractivity contribution in [2.24, 2.45) is 5.73 Å². The zero-order valence-corrected chi connectivity index (χ0v) is 29.4. The molecular weight excluding hydrogens is 675 g/mol. The molecule has 4 aromatic carbocycles. The van der Waals surface area contributed by atoms with Gasteiger partial charge in [-0.3, -0.25) is 9.59 Å². The van der Waals surface area contributed by atoms with E-state index in [4.69, 9.17) is 48.4 Å². The first-order valence-electron chi connectivity index (χ1n) is 16.4. The third-order valence-electron chi connectivity index (χ3n) is 8.64. The lowest BCUT2D eigenvalue weighted by Gasteiger charge is -2.24. The van der Waals surface area contributed by atoms with Crippen LogP contribution in [-0.4, -0.2) is 67.1 Å². The number of carbonyl (C=O) groups is 2. The summed E-state index contributed by atoms with van der Waals surface area (Å²) in [6, 6.07) is 22.8. The molecule has 0 aliphatic heterocycles. The second-order valence-corrected chi connectivity index (χ2v) is 12.8. The van der Waals surface area contributed by atoms with E-state index in [0.717, 1.165) is 66.5 Å². The lowest BCUT2D eigenvalue weighted by molar-refractivity contribution is -0.133. The fraction of sp³-hybridized carbons (Fsp3) is 0.263. The van der Waals surface area contributed by atoms with Crippen LogP contribution < -0.4 is 25.8 Å². The number of nitrogens with one attached hydrogen (secondary N) is 2. The highest BCUT2D eigenvalue weighted by atomic mass is 35.5. The van der Waals surface area contributed by atoms with Crippen molar-refractivity contribution in [3.05, 3.63) is 82.8 Å². The Morgan fingerprint density at radius 3 is 1.58 bits per heavy atom. The Kier molecular flexibility index (Phi) is 10.9. The summed E-state index contributed by atoms with van der Waals surface area (Å²) in [7, 11) is 3.27. The van der Waals surface area contributed by atoms with Crippen LogP contribution in [0, 0.1) is 0 Å². The lowest BCUT2D eigenvalue weighted by atomic mass is 10.1. The van der Waals surface area contributed by atoms with E-state index in [1.807, 2.05) is 77.7 Å². The summed E-state index contributed by atoms with van der Waals surface area (Å²) in [5.74, 6) is 0.847. The fourth-order valence-electron chi connectivity index (χ4n) is 6.14. The molecule has 0 spiro atoms. The number of nitrogens with two attached hydrogens (primary N) is 1. The first-order chi connectivity index (χ1) is 24.2. The van der Waals surface area contributed by atoms with E-state index in [-0.39, 0.29) is 18.7 Å². The van der Waals surface area contributed by atoms with Gasteiger partial charge in [-0.15, -0.1) is 0 Å². The topological polar surface area (TPSA) is 132 Å². The highest BCUT2D eigenvalue weighted by Crippen LogP contribution is 2.35. The third kappa shape index (κ3) is 7.87. The Balaban J connectivity index is 1.16. The molecule has 4 N–H and O–H groups in total. The zero-order chi connectivity index (χ0) is 35.2. The number of benzene rings is 4. The van der Waals surface area contributed by atoms with E-state index < -0.39 is 5.91 Å². The Hall–Kier alpha value is -5.06. The number of methoxy groups -OCH3 is 2. The molecule has 6 rings (SSSR count). The molecule has 0 saturated carbocycles. The molecule has 0 bridgehead atoms. The van der Waals surface area contributed by atoms with E-state index in [1.165, 1.54) is 0 Å². The molecule has 0 fully saturated rings. The van der Waals surface area contributed by atoms with Crippen LogP contribution in [0.1, 0.15) is 25.7 Å². The number of amides is 2. The molecule has 12 heteroatoms. The summed E-state index contributed by atoms with van der Waals surface area (Å²) in [6.07, 6.45) is 1.40. The van der Waals surface area contributed by atoms with E-state index in [9.17, 15) is 9.59 Å². The quantitative estimate of drug-likeness (QED) is 0.0726. The average Bonchev–Trinajstić information content (AvgIpc) is 3.11. The van der Waals surface area contributed by atoms with E-state index in [1.54, 1.807) is 14.2 Å². The van der Waals surface area contributed by atoms with E-state index in [2.05, 4.69) is 10.6 Å². The summed E-state index contributed by atoms with van der Waals surface area (Å²) in [5.41, 5.74) is 10.4. The molecule has 2 heterocycles. The summed E-state index contributed by atoms with van der Waals surface area (Å²) in [6.45, 7) is 2.17. The highest BCUT2D eigenvalue weighted by molar-refractivity contribution is 6.32. The van der Waals surface area contributed by atoms with Gasteiger partial charge < -0.3 is 30.7 Å². The second-order valence-electron chi connectivity index (χ2n) is 12.0. The molecule has 0 saturated heterocycles. The van der Waals surface area contributed by atoms with Gasteiger partial charge in [-0.25, -0.2) is 9.97 Å². The number of ether oxygens (including phenoxy) is 2. The normalized spacial score (nSPS) is 11.3. The molecule has 0 unspecified atom stereocenters. The highest BCUT2D eigenvalue weighted by Gasteiger charge is 2.16. The van der Waals surface area contributed by atoms with Gasteiger partial charge in [0.15, 0.2) is 0 Å². The molecule has 0 atom stereocenters. The van der Waals surface area contributed by atoms with Crippen LogP contribution in [0.2, 0.25) is 10.0 Å². The van der Waals surface area contributed by atoms with Crippen LogP contribution in [0.25, 0.3) is 43.6 Å². The van der Waals surface area contributed by atoms with Gasteiger partial charge in [0.1, 0.15) is 11.5 Å². The first kappa shape index (κ1) is 34.8. The van der Waals surface area contributed by atoms with Gasteiger partial charge >= 0.3 is 0 Å². The summed E-state index contributed by atoms with van der Waals surface area (Å²) < 4.78 is 11.0. The maximum Gasteiger partial charge on any atom is 0.223 e. The number of pyridine rings is 2. The Morgan fingerprint density at radius 2 is 1.14 bits per heavy atom. The zero-order valence-electron chi connectivity index (χ0n) is 27.9. The van der Waals surface area contributed by atoms with Crippen molar-refractivity contribution in [2.75, 3.05) is 51.0 Å². The molecule has 0 aliphatic carbocycles. The maximum atomic E-state index is 13.3. The van der Waals surface area contributed by atoms with Crippen LogP contribution in [0.15, 0.2) is 72.8 Å². The number of primary amides is 1. The van der Waals surface area contributed by atoms with Gasteiger partial charge in [0.05, 0.1) is 47.7 Å². The number of anilines is 2. The Labute approximate surface area is 299 Å². The number of fused-ring (bicyclic) bond motifs is 4. The van der Waals surface area contributed by atoms with Gasteiger partial charge in [0.25, 0.3) is 0 Å². The smallest absolute Gasteiger partial charge is 0.223 e. The van der Waals surface area contributed by atoms with Crippen LogP contribution in [-0.2, 0) is 9.59 Å². The van der Waals surface area contributed by atoms with Crippen molar-refractivity contribution < 1.29 is 19.1 Å². The van der Waals surface area contributed by atoms with Gasteiger partial charge in [0, 0.05) is 70.6 Å². The molecule has 0 radical (unpaired) electrons.